The van der Waals surface area contributed by atoms with Gasteiger partial charge in [0.2, 0.25) is 23.7 Å². The second kappa shape index (κ2) is 17.5. The Morgan fingerprint density at radius 3 is 2.17 bits per heavy atom. The van der Waals surface area contributed by atoms with Gasteiger partial charge in [0.15, 0.2) is 0 Å². The molecule has 7 rings (SSSR count). The number of rotatable bonds is 15. The van der Waals surface area contributed by atoms with E-state index in [9.17, 15) is 19.2 Å². The standard InChI is InChI=1S/C40H46N12O5S2/c1-6-27-34(59-22(4)44-27)38(56)48-40-45-28-17-24(35(41)53)15-23(16-26-20-57-13-10-43-26)32(28)50(40)11-8-9-12-51-33-29(18-25(36(42)54)19-31(33)58-5)46-39(51)47-37(55)30-14-21(3)49-52(30)7-2/h8-9,14-15,17-19,26,43H,6-7,10-13,16,20H2,1-5H3,(H2,41,53)(H2,42,54)(H,45,48,56)(H,46,47,55)/b9-8+. The van der Waals surface area contributed by atoms with E-state index in [0.29, 0.717) is 88.8 Å². The van der Waals surface area contributed by atoms with Crippen molar-refractivity contribution in [3.05, 3.63) is 86.1 Å². The molecule has 0 spiro atoms. The molecule has 59 heavy (non-hydrogen) atoms. The lowest BCUT2D eigenvalue weighted by Gasteiger charge is -2.24. The monoisotopic (exact) mass is 838 g/mol. The van der Waals surface area contributed by atoms with Gasteiger partial charge in [0, 0.05) is 48.2 Å². The van der Waals surface area contributed by atoms with Crippen LogP contribution in [0.1, 0.15) is 76.7 Å². The van der Waals surface area contributed by atoms with E-state index in [1.165, 1.54) is 23.1 Å². The quantitative estimate of drug-likeness (QED) is 0.0716. The van der Waals surface area contributed by atoms with Crippen molar-refractivity contribution in [3.63, 3.8) is 0 Å². The number of nitrogens with two attached hydrogens (primary N) is 2. The van der Waals surface area contributed by atoms with Crippen LogP contribution in [-0.4, -0.2) is 89.6 Å². The van der Waals surface area contributed by atoms with Gasteiger partial charge in [0.1, 0.15) is 10.6 Å². The molecule has 7 N–H and O–H groups in total. The molecule has 17 nitrogen and oxygen atoms in total. The van der Waals surface area contributed by atoms with Gasteiger partial charge in [-0.1, -0.05) is 19.1 Å². The van der Waals surface area contributed by atoms with E-state index < -0.39 is 11.8 Å². The fraction of sp³-hybridized carbons (Fsp3) is 0.350. The van der Waals surface area contributed by atoms with Gasteiger partial charge in [-0.3, -0.25) is 34.5 Å². The number of amides is 4. The summed E-state index contributed by atoms with van der Waals surface area (Å²) < 4.78 is 11.1. The van der Waals surface area contributed by atoms with Crippen LogP contribution in [0, 0.1) is 13.8 Å². The minimum atomic E-state index is -0.592. The summed E-state index contributed by atoms with van der Waals surface area (Å²) in [5.74, 6) is -1.36. The van der Waals surface area contributed by atoms with Gasteiger partial charge >= 0.3 is 0 Å². The van der Waals surface area contributed by atoms with Crippen molar-refractivity contribution in [3.8, 4) is 0 Å². The van der Waals surface area contributed by atoms with E-state index in [1.807, 2.05) is 55.2 Å². The number of thioether (sulfide) groups is 1. The molecule has 5 heterocycles. The predicted molar refractivity (Wildman–Crippen MR) is 229 cm³/mol. The molecular formula is C40H46N12O5S2. The number of nitrogens with one attached hydrogen (secondary N) is 3. The highest BCUT2D eigenvalue weighted by molar-refractivity contribution is 7.98. The van der Waals surface area contributed by atoms with Gasteiger partial charge in [-0.25, -0.2) is 15.0 Å². The third kappa shape index (κ3) is 8.63. The molecule has 0 bridgehead atoms. The number of nitrogens with zero attached hydrogens (tertiary/aromatic N) is 7. The van der Waals surface area contributed by atoms with Crippen molar-refractivity contribution in [2.75, 3.05) is 36.6 Å². The number of aryl methyl sites for hydroxylation is 4. The van der Waals surface area contributed by atoms with E-state index in [0.717, 1.165) is 21.0 Å². The first kappa shape index (κ1) is 41.3. The summed E-state index contributed by atoms with van der Waals surface area (Å²) in [6, 6.07) is 8.44. The first-order chi connectivity index (χ1) is 28.4. The van der Waals surface area contributed by atoms with Crippen LogP contribution in [0.5, 0.6) is 0 Å². The molecule has 19 heteroatoms. The molecule has 0 radical (unpaired) electrons. The third-order valence-electron chi connectivity index (χ3n) is 9.95. The Kier molecular flexibility index (Phi) is 12.3. The van der Waals surface area contributed by atoms with Gasteiger partial charge < -0.3 is 30.7 Å². The number of hydrogen-bond acceptors (Lipinski definition) is 12. The second-order valence-electron chi connectivity index (χ2n) is 14.0. The summed E-state index contributed by atoms with van der Waals surface area (Å²) in [7, 11) is 0. The molecule has 1 aliphatic heterocycles. The molecule has 6 aromatic rings. The molecule has 1 saturated heterocycles. The van der Waals surface area contributed by atoms with E-state index in [2.05, 4.69) is 26.0 Å². The summed E-state index contributed by atoms with van der Waals surface area (Å²) >= 11 is 2.74. The lowest BCUT2D eigenvalue weighted by Crippen LogP contribution is -2.42. The fourth-order valence-corrected chi connectivity index (χ4v) is 8.84. The van der Waals surface area contributed by atoms with Crippen LogP contribution < -0.4 is 27.4 Å². The Hall–Kier alpha value is -5.89. The Morgan fingerprint density at radius 2 is 1.56 bits per heavy atom. The van der Waals surface area contributed by atoms with Crippen LogP contribution in [0.15, 0.2) is 47.4 Å². The number of morpholine rings is 1. The van der Waals surface area contributed by atoms with E-state index >= 15 is 0 Å². The largest absolute Gasteiger partial charge is 0.379 e. The van der Waals surface area contributed by atoms with Gasteiger partial charge in [0.25, 0.3) is 11.8 Å². The maximum atomic E-state index is 13.8. The predicted octanol–water partition coefficient (Wildman–Crippen LogP) is 4.45. The summed E-state index contributed by atoms with van der Waals surface area (Å²) in [4.78, 5) is 67.7. The van der Waals surface area contributed by atoms with Gasteiger partial charge in [-0.05, 0) is 75.8 Å². The number of carbonyl (C=O) groups excluding carboxylic acids is 4. The van der Waals surface area contributed by atoms with E-state index in [1.54, 1.807) is 35.0 Å². The van der Waals surface area contributed by atoms with Crippen molar-refractivity contribution in [1.29, 1.82) is 0 Å². The fourth-order valence-electron chi connectivity index (χ4n) is 7.28. The summed E-state index contributed by atoms with van der Waals surface area (Å²) in [5, 5.41) is 14.7. The zero-order chi connectivity index (χ0) is 42.0. The number of benzene rings is 2. The maximum absolute atomic E-state index is 13.8. The molecule has 1 unspecified atom stereocenters. The van der Waals surface area contributed by atoms with Gasteiger partial charge in [0.05, 0.1) is 51.7 Å². The first-order valence-corrected chi connectivity index (χ1v) is 21.2. The summed E-state index contributed by atoms with van der Waals surface area (Å²) in [6.07, 6.45) is 6.85. The van der Waals surface area contributed by atoms with E-state index in [-0.39, 0.29) is 42.8 Å². The van der Waals surface area contributed by atoms with Crippen LogP contribution >= 0.6 is 23.1 Å². The molecule has 4 aromatic heterocycles. The van der Waals surface area contributed by atoms with Gasteiger partial charge in [-0.2, -0.15) is 5.10 Å². The van der Waals surface area contributed by atoms with Gasteiger partial charge in [-0.15, -0.1) is 23.1 Å². The van der Waals surface area contributed by atoms with Crippen LogP contribution in [0.25, 0.3) is 22.1 Å². The number of hydrogen-bond donors (Lipinski definition) is 5. The molecular weight excluding hydrogens is 793 g/mol. The average molecular weight is 839 g/mol. The normalized spacial score (nSPS) is 14.4. The molecule has 308 valence electrons. The van der Waals surface area contributed by atoms with Crippen molar-refractivity contribution in [2.45, 2.75) is 71.1 Å². The zero-order valence-corrected chi connectivity index (χ0v) is 35.1. The Labute approximate surface area is 348 Å². The number of thiazole rings is 1. The van der Waals surface area contributed by atoms with Crippen LogP contribution in [0.2, 0.25) is 0 Å². The number of allylic oxidation sites excluding steroid dienone is 2. The number of carbonyl (C=O) groups is 4. The minimum absolute atomic E-state index is 0.0250. The van der Waals surface area contributed by atoms with Crippen molar-refractivity contribution < 1.29 is 23.9 Å². The highest BCUT2D eigenvalue weighted by Gasteiger charge is 2.25. The number of aromatic nitrogens is 7. The average Bonchev–Trinajstić information content (AvgIpc) is 3.98. The summed E-state index contributed by atoms with van der Waals surface area (Å²) in [5.41, 5.74) is 17.1. The molecule has 1 atom stereocenters. The van der Waals surface area contributed by atoms with Crippen molar-refractivity contribution >= 4 is 80.7 Å². The minimum Gasteiger partial charge on any atom is -0.379 e. The Balaban J connectivity index is 1.29. The number of primary amides is 2. The van der Waals surface area contributed by atoms with Crippen molar-refractivity contribution in [1.82, 2.24) is 39.2 Å². The smallest absolute Gasteiger partial charge is 0.276 e. The lowest BCUT2D eigenvalue weighted by molar-refractivity contribution is 0.0771. The topological polar surface area (TPSA) is 232 Å². The number of ether oxygens (including phenoxy) is 1. The highest BCUT2D eigenvalue weighted by Crippen LogP contribution is 2.32. The second-order valence-corrected chi connectivity index (χ2v) is 16.1. The third-order valence-corrected chi connectivity index (χ3v) is 11.7. The number of imidazole rings is 2. The number of anilines is 2. The molecule has 1 aliphatic rings. The van der Waals surface area contributed by atoms with Crippen LogP contribution in [0.3, 0.4) is 0 Å². The van der Waals surface area contributed by atoms with Crippen LogP contribution in [-0.2, 0) is 37.2 Å². The molecule has 2 aromatic carbocycles. The van der Waals surface area contributed by atoms with E-state index in [4.69, 9.17) is 26.2 Å². The Bertz CT molecular complexity index is 2630. The van der Waals surface area contributed by atoms with Crippen molar-refractivity contribution in [2.24, 2.45) is 11.5 Å². The molecule has 1 fully saturated rings. The molecule has 4 amide bonds. The zero-order valence-electron chi connectivity index (χ0n) is 33.4. The molecule has 0 saturated carbocycles. The first-order valence-electron chi connectivity index (χ1n) is 19.2. The SMILES string of the molecule is CCc1nc(C)sc1C(=O)Nc1nc2cc(C(N)=O)cc(CC3COCCN3)c2n1C/C=C/Cn1c(NC(=O)c2cc(C)nn2CC)nc2cc(C(N)=O)cc(SC)c21. The van der Waals surface area contributed by atoms with Crippen LogP contribution in [0.4, 0.5) is 11.9 Å². The summed E-state index contributed by atoms with van der Waals surface area (Å²) in [6.45, 7) is 10.3. The highest BCUT2D eigenvalue weighted by atomic mass is 32.2. The molecule has 0 aliphatic carbocycles. The Morgan fingerprint density at radius 1 is 0.915 bits per heavy atom. The number of fused-ring (bicyclic) bond motifs is 2. The maximum Gasteiger partial charge on any atom is 0.276 e. The lowest BCUT2D eigenvalue weighted by atomic mass is 10.0.